The smallest absolute Gasteiger partial charge is 0.330 e. The van der Waals surface area contributed by atoms with Crippen molar-refractivity contribution in [2.75, 3.05) is 26.2 Å². The summed E-state index contributed by atoms with van der Waals surface area (Å²) in [5, 5.41) is 1.76. The highest BCUT2D eigenvalue weighted by Gasteiger charge is 2.27. The van der Waals surface area contributed by atoms with E-state index in [2.05, 4.69) is 14.9 Å². The van der Waals surface area contributed by atoms with Crippen molar-refractivity contribution in [3.8, 4) is 0 Å². The van der Waals surface area contributed by atoms with E-state index in [0.717, 1.165) is 38.3 Å². The maximum Gasteiger partial charge on any atom is 0.330 e. The fourth-order valence-electron chi connectivity index (χ4n) is 1.90. The number of aromatic nitrogens is 2. The molecule has 6 nitrogen and oxygen atoms in total. The summed E-state index contributed by atoms with van der Waals surface area (Å²) >= 11 is 0. The molecule has 0 spiro atoms. The molecule has 0 aromatic carbocycles. The predicted octanol–water partition coefficient (Wildman–Crippen LogP) is 1.10. The molecule has 0 aliphatic carbocycles. The number of rotatable bonds is 3. The van der Waals surface area contributed by atoms with Crippen molar-refractivity contribution >= 4 is 5.97 Å². The maximum absolute atomic E-state index is 11.8. The van der Waals surface area contributed by atoms with E-state index in [0.29, 0.717) is 0 Å². The van der Waals surface area contributed by atoms with E-state index in [1.165, 1.54) is 6.33 Å². The fraction of sp³-hybridized carbons (Fsp3) is 0.643. The summed E-state index contributed by atoms with van der Waals surface area (Å²) in [5.41, 5.74) is 0.644. The summed E-state index contributed by atoms with van der Waals surface area (Å²) in [4.78, 5) is 27.5. The molecule has 1 aromatic rings. The van der Waals surface area contributed by atoms with Gasteiger partial charge in [0.2, 0.25) is 0 Å². The van der Waals surface area contributed by atoms with E-state index in [1.54, 1.807) is 5.06 Å². The van der Waals surface area contributed by atoms with Crippen molar-refractivity contribution in [1.82, 2.24) is 19.9 Å². The van der Waals surface area contributed by atoms with Gasteiger partial charge >= 0.3 is 5.97 Å². The molecule has 6 heteroatoms. The second-order valence-corrected chi connectivity index (χ2v) is 6.08. The number of hydrogen-bond acceptors (Lipinski definition) is 6. The molecule has 2 heterocycles. The first kappa shape index (κ1) is 14.9. The van der Waals surface area contributed by atoms with Crippen LogP contribution in [0.25, 0.3) is 0 Å². The average Bonchev–Trinajstić information content (AvgIpc) is 2.41. The lowest BCUT2D eigenvalue weighted by molar-refractivity contribution is -0.207. The lowest BCUT2D eigenvalue weighted by Gasteiger charge is -2.34. The van der Waals surface area contributed by atoms with Crippen LogP contribution in [0, 0.1) is 5.41 Å². The van der Waals surface area contributed by atoms with Crippen molar-refractivity contribution < 1.29 is 9.63 Å². The minimum atomic E-state index is -0.460. The number of nitrogens with zero attached hydrogens (tertiary/aromatic N) is 4. The molecule has 110 valence electrons. The van der Waals surface area contributed by atoms with E-state index in [4.69, 9.17) is 4.84 Å². The zero-order valence-corrected chi connectivity index (χ0v) is 12.4. The van der Waals surface area contributed by atoms with Crippen LogP contribution in [0.15, 0.2) is 18.7 Å². The molecule has 0 radical (unpaired) electrons. The lowest BCUT2D eigenvalue weighted by Crippen LogP contribution is -2.47. The summed E-state index contributed by atoms with van der Waals surface area (Å²) in [5.74, 6) is -0.178. The third kappa shape index (κ3) is 4.25. The first-order valence-electron chi connectivity index (χ1n) is 6.89. The van der Waals surface area contributed by atoms with E-state index in [-0.39, 0.29) is 5.97 Å². The van der Waals surface area contributed by atoms with Gasteiger partial charge in [0.25, 0.3) is 0 Å². The molecule has 1 aliphatic rings. The Labute approximate surface area is 119 Å². The van der Waals surface area contributed by atoms with Gasteiger partial charge in [0, 0.05) is 50.7 Å². The zero-order valence-electron chi connectivity index (χ0n) is 12.4. The number of carbonyl (C=O) groups is 1. The zero-order chi connectivity index (χ0) is 14.6. The number of hydroxylamine groups is 2. The Kier molecular flexibility index (Phi) is 4.67. The minimum Gasteiger partial charge on any atom is -0.367 e. The Morgan fingerprint density at radius 3 is 2.35 bits per heavy atom. The highest BCUT2D eigenvalue weighted by atomic mass is 16.7. The van der Waals surface area contributed by atoms with Crippen LogP contribution in [0.2, 0.25) is 0 Å². The molecule has 2 rings (SSSR count). The summed E-state index contributed by atoms with van der Waals surface area (Å²) in [7, 11) is 0. The number of hydrogen-bond donors (Lipinski definition) is 0. The number of carbonyl (C=O) groups excluding carboxylic acids is 1. The highest BCUT2D eigenvalue weighted by Crippen LogP contribution is 2.17. The maximum atomic E-state index is 11.8. The van der Waals surface area contributed by atoms with Gasteiger partial charge in [0.15, 0.2) is 0 Å². The number of piperazine rings is 1. The molecule has 1 aliphatic heterocycles. The standard InChI is InChI=1S/C14H22N4O2/c1-14(2,3)13(19)20-18-6-4-17(5-7-18)10-12-8-15-11-16-9-12/h8-9,11H,4-7,10H2,1-3H3. The van der Waals surface area contributed by atoms with Gasteiger partial charge in [-0.2, -0.15) is 0 Å². The Bertz CT molecular complexity index is 436. The van der Waals surface area contributed by atoms with Crippen LogP contribution in [0.1, 0.15) is 26.3 Å². The van der Waals surface area contributed by atoms with Crippen molar-refractivity contribution in [2.24, 2.45) is 5.41 Å². The van der Waals surface area contributed by atoms with E-state index >= 15 is 0 Å². The first-order valence-corrected chi connectivity index (χ1v) is 6.89. The SMILES string of the molecule is CC(C)(C)C(=O)ON1CCN(Cc2cncnc2)CC1. The van der Waals surface area contributed by atoms with Crippen LogP contribution in [-0.2, 0) is 16.2 Å². The third-order valence-electron chi connectivity index (χ3n) is 3.18. The molecule has 1 fully saturated rings. The molecule has 1 saturated heterocycles. The second kappa shape index (κ2) is 6.28. The van der Waals surface area contributed by atoms with E-state index in [9.17, 15) is 4.79 Å². The second-order valence-electron chi connectivity index (χ2n) is 6.08. The minimum absolute atomic E-state index is 0.178. The summed E-state index contributed by atoms with van der Waals surface area (Å²) in [6, 6.07) is 0. The van der Waals surface area contributed by atoms with Gasteiger partial charge in [0.05, 0.1) is 5.41 Å². The molecular formula is C14H22N4O2. The van der Waals surface area contributed by atoms with Gasteiger partial charge in [-0.25, -0.2) is 14.8 Å². The first-order chi connectivity index (χ1) is 9.45. The van der Waals surface area contributed by atoms with E-state index < -0.39 is 5.41 Å². The summed E-state index contributed by atoms with van der Waals surface area (Å²) in [6.45, 7) is 9.62. The summed E-state index contributed by atoms with van der Waals surface area (Å²) < 4.78 is 0. The van der Waals surface area contributed by atoms with Gasteiger partial charge in [-0.05, 0) is 20.8 Å². The van der Waals surface area contributed by atoms with Crippen LogP contribution >= 0.6 is 0 Å². The average molecular weight is 278 g/mol. The molecular weight excluding hydrogens is 256 g/mol. The topological polar surface area (TPSA) is 58.6 Å². The molecule has 1 aromatic heterocycles. The Morgan fingerprint density at radius 2 is 1.80 bits per heavy atom. The molecule has 0 bridgehead atoms. The molecule has 0 unspecified atom stereocenters. The van der Waals surface area contributed by atoms with Crippen molar-refractivity contribution in [3.05, 3.63) is 24.3 Å². The Balaban J connectivity index is 1.77. The van der Waals surface area contributed by atoms with Crippen molar-refractivity contribution in [2.45, 2.75) is 27.3 Å². The third-order valence-corrected chi connectivity index (χ3v) is 3.18. The van der Waals surface area contributed by atoms with Gasteiger partial charge in [-0.3, -0.25) is 4.90 Å². The molecule has 20 heavy (non-hydrogen) atoms. The van der Waals surface area contributed by atoms with Crippen molar-refractivity contribution in [3.63, 3.8) is 0 Å². The summed E-state index contributed by atoms with van der Waals surface area (Å²) in [6.07, 6.45) is 5.20. The van der Waals surface area contributed by atoms with Crippen LogP contribution in [0.3, 0.4) is 0 Å². The molecule has 0 N–H and O–H groups in total. The highest BCUT2D eigenvalue weighted by molar-refractivity contribution is 5.75. The molecule has 0 amide bonds. The van der Waals surface area contributed by atoms with Crippen molar-refractivity contribution in [1.29, 1.82) is 0 Å². The fourth-order valence-corrected chi connectivity index (χ4v) is 1.90. The van der Waals surface area contributed by atoms with Gasteiger partial charge in [0.1, 0.15) is 6.33 Å². The normalized spacial score (nSPS) is 17.9. The van der Waals surface area contributed by atoms with Crippen LogP contribution < -0.4 is 0 Å². The predicted molar refractivity (Wildman–Crippen MR) is 74.4 cm³/mol. The van der Waals surface area contributed by atoms with Gasteiger partial charge < -0.3 is 4.84 Å². The van der Waals surface area contributed by atoms with Crippen LogP contribution in [-0.4, -0.2) is 52.1 Å². The van der Waals surface area contributed by atoms with Gasteiger partial charge in [-0.1, -0.05) is 0 Å². The quantitative estimate of drug-likeness (QED) is 0.825. The molecule has 0 atom stereocenters. The Morgan fingerprint density at radius 1 is 1.20 bits per heavy atom. The van der Waals surface area contributed by atoms with Crippen LogP contribution in [0.5, 0.6) is 0 Å². The van der Waals surface area contributed by atoms with Crippen LogP contribution in [0.4, 0.5) is 0 Å². The largest absolute Gasteiger partial charge is 0.367 e. The lowest BCUT2D eigenvalue weighted by atomic mass is 9.98. The monoisotopic (exact) mass is 278 g/mol. The van der Waals surface area contributed by atoms with Gasteiger partial charge in [-0.15, -0.1) is 5.06 Å². The van der Waals surface area contributed by atoms with E-state index in [1.807, 2.05) is 33.2 Å². The Hall–Kier alpha value is -1.53. The molecule has 0 saturated carbocycles.